The normalized spacial score (nSPS) is 13.5. The van der Waals surface area contributed by atoms with Gasteiger partial charge in [-0.3, -0.25) is 24.3 Å². The maximum absolute atomic E-state index is 13.5. The third-order valence-electron chi connectivity index (χ3n) is 5.34. The van der Waals surface area contributed by atoms with Gasteiger partial charge in [-0.25, -0.2) is 0 Å². The van der Waals surface area contributed by atoms with Crippen molar-refractivity contribution in [1.82, 2.24) is 9.88 Å². The average molecular weight is 441 g/mol. The summed E-state index contributed by atoms with van der Waals surface area (Å²) < 4.78 is 0. The van der Waals surface area contributed by atoms with Crippen LogP contribution in [-0.2, 0) is 20.9 Å². The van der Waals surface area contributed by atoms with E-state index >= 15 is 0 Å². The van der Waals surface area contributed by atoms with Crippen LogP contribution in [0.25, 0.3) is 5.57 Å². The van der Waals surface area contributed by atoms with Crippen LogP contribution in [0.3, 0.4) is 0 Å². The Morgan fingerprint density at radius 3 is 2.30 bits per heavy atom. The van der Waals surface area contributed by atoms with Crippen molar-refractivity contribution >= 4 is 34.7 Å². The number of hydrogen-bond donors (Lipinski definition) is 2. The second-order valence-electron chi connectivity index (χ2n) is 7.97. The lowest BCUT2D eigenvalue weighted by Gasteiger charge is -2.15. The third kappa shape index (κ3) is 4.67. The lowest BCUT2D eigenvalue weighted by atomic mass is 9.97. The molecule has 0 spiro atoms. The maximum atomic E-state index is 13.5. The lowest BCUT2D eigenvalue weighted by Crippen LogP contribution is -2.32. The molecule has 3 amide bonds. The SMILES string of the molecule is CC(=O)Nc1ccc(NC2=C(c3ccc(C)cc3C)C(=O)N(Cc3ccccn3)C2=O)cc1. The Kier molecular flexibility index (Phi) is 6.04. The summed E-state index contributed by atoms with van der Waals surface area (Å²) in [7, 11) is 0. The van der Waals surface area contributed by atoms with Crippen LogP contribution < -0.4 is 10.6 Å². The van der Waals surface area contributed by atoms with Gasteiger partial charge in [0.05, 0.1) is 17.8 Å². The number of hydrogen-bond acceptors (Lipinski definition) is 5. The summed E-state index contributed by atoms with van der Waals surface area (Å²) in [5.74, 6) is -0.946. The minimum Gasteiger partial charge on any atom is -0.350 e. The number of nitrogens with one attached hydrogen (secondary N) is 2. The van der Waals surface area contributed by atoms with Crippen molar-refractivity contribution in [2.75, 3.05) is 10.6 Å². The third-order valence-corrected chi connectivity index (χ3v) is 5.34. The summed E-state index contributed by atoms with van der Waals surface area (Å²) in [5.41, 5.74) is 5.13. The molecule has 0 aliphatic carbocycles. The number of rotatable bonds is 6. The van der Waals surface area contributed by atoms with Crippen LogP contribution in [0.4, 0.5) is 11.4 Å². The monoisotopic (exact) mass is 440 g/mol. The van der Waals surface area contributed by atoms with Crippen molar-refractivity contribution in [2.45, 2.75) is 27.3 Å². The molecule has 0 saturated heterocycles. The Labute approximate surface area is 192 Å². The number of amides is 3. The zero-order valence-corrected chi connectivity index (χ0v) is 18.7. The van der Waals surface area contributed by atoms with Crippen molar-refractivity contribution in [1.29, 1.82) is 0 Å². The molecule has 0 radical (unpaired) electrons. The average Bonchev–Trinajstić information content (AvgIpc) is 3.00. The number of carbonyl (C=O) groups excluding carboxylic acids is 3. The van der Waals surface area contributed by atoms with Gasteiger partial charge in [0.25, 0.3) is 11.8 Å². The molecule has 0 unspecified atom stereocenters. The van der Waals surface area contributed by atoms with Crippen LogP contribution in [0.1, 0.15) is 29.3 Å². The smallest absolute Gasteiger partial charge is 0.278 e. The van der Waals surface area contributed by atoms with E-state index in [0.717, 1.165) is 11.1 Å². The largest absolute Gasteiger partial charge is 0.350 e. The first-order valence-corrected chi connectivity index (χ1v) is 10.6. The number of aromatic nitrogens is 1. The number of benzene rings is 2. The molecule has 0 bridgehead atoms. The van der Waals surface area contributed by atoms with E-state index in [4.69, 9.17) is 0 Å². The Morgan fingerprint density at radius 1 is 0.939 bits per heavy atom. The first kappa shape index (κ1) is 22.0. The van der Waals surface area contributed by atoms with E-state index in [0.29, 0.717) is 28.2 Å². The lowest BCUT2D eigenvalue weighted by molar-refractivity contribution is -0.137. The van der Waals surface area contributed by atoms with E-state index < -0.39 is 5.91 Å². The number of aryl methyl sites for hydroxylation is 2. The summed E-state index contributed by atoms with van der Waals surface area (Å²) in [6.07, 6.45) is 1.63. The molecule has 3 aromatic rings. The summed E-state index contributed by atoms with van der Waals surface area (Å²) in [6, 6.07) is 18.1. The number of carbonyl (C=O) groups is 3. The highest BCUT2D eigenvalue weighted by atomic mass is 16.2. The first-order valence-electron chi connectivity index (χ1n) is 10.6. The van der Waals surface area contributed by atoms with Gasteiger partial charge in [-0.1, -0.05) is 29.8 Å². The van der Waals surface area contributed by atoms with Crippen LogP contribution in [0, 0.1) is 13.8 Å². The maximum Gasteiger partial charge on any atom is 0.278 e. The Bertz CT molecular complexity index is 1260. The molecule has 7 nitrogen and oxygen atoms in total. The van der Waals surface area contributed by atoms with E-state index in [9.17, 15) is 14.4 Å². The van der Waals surface area contributed by atoms with Crippen molar-refractivity contribution in [2.24, 2.45) is 0 Å². The molecule has 0 saturated carbocycles. The summed E-state index contributed by atoms with van der Waals surface area (Å²) >= 11 is 0. The molecule has 1 aliphatic heterocycles. The fraction of sp³-hybridized carbons (Fsp3) is 0.154. The molecule has 2 aromatic carbocycles. The fourth-order valence-corrected chi connectivity index (χ4v) is 3.82. The van der Waals surface area contributed by atoms with E-state index in [1.807, 2.05) is 38.1 Å². The van der Waals surface area contributed by atoms with Gasteiger partial charge in [-0.05, 0) is 61.4 Å². The van der Waals surface area contributed by atoms with Crippen LogP contribution in [-0.4, -0.2) is 27.6 Å². The Balaban J connectivity index is 1.72. The molecule has 4 rings (SSSR count). The van der Waals surface area contributed by atoms with Gasteiger partial charge in [0, 0.05) is 24.5 Å². The van der Waals surface area contributed by atoms with Gasteiger partial charge in [0.2, 0.25) is 5.91 Å². The van der Waals surface area contributed by atoms with Crippen LogP contribution in [0.15, 0.2) is 72.6 Å². The zero-order chi connectivity index (χ0) is 23.5. The fourth-order valence-electron chi connectivity index (χ4n) is 3.82. The van der Waals surface area contributed by atoms with Gasteiger partial charge in [0.1, 0.15) is 5.70 Å². The molecule has 166 valence electrons. The highest BCUT2D eigenvalue weighted by Gasteiger charge is 2.39. The van der Waals surface area contributed by atoms with Crippen molar-refractivity contribution < 1.29 is 14.4 Å². The number of nitrogens with zero attached hydrogens (tertiary/aromatic N) is 2. The van der Waals surface area contributed by atoms with E-state index in [1.165, 1.54) is 11.8 Å². The second-order valence-corrected chi connectivity index (χ2v) is 7.97. The second kappa shape index (κ2) is 9.08. The van der Waals surface area contributed by atoms with Gasteiger partial charge in [-0.15, -0.1) is 0 Å². The Hall–Kier alpha value is -4.26. The van der Waals surface area contributed by atoms with E-state index in [-0.39, 0.29) is 24.1 Å². The Morgan fingerprint density at radius 2 is 1.67 bits per heavy atom. The van der Waals surface area contributed by atoms with Crippen LogP contribution >= 0.6 is 0 Å². The minimum atomic E-state index is -0.411. The van der Waals surface area contributed by atoms with Crippen molar-refractivity contribution in [3.05, 3.63) is 94.9 Å². The minimum absolute atomic E-state index is 0.0829. The molecule has 0 atom stereocenters. The summed E-state index contributed by atoms with van der Waals surface area (Å²) in [6.45, 7) is 5.43. The quantitative estimate of drug-likeness (QED) is 0.565. The molecular formula is C26H24N4O3. The number of anilines is 2. The first-order chi connectivity index (χ1) is 15.8. The topological polar surface area (TPSA) is 91.4 Å². The molecule has 1 aromatic heterocycles. The summed E-state index contributed by atoms with van der Waals surface area (Å²) in [5, 5.41) is 5.85. The van der Waals surface area contributed by atoms with Gasteiger partial charge >= 0.3 is 0 Å². The summed E-state index contributed by atoms with van der Waals surface area (Å²) in [4.78, 5) is 43.6. The predicted octanol–water partition coefficient (Wildman–Crippen LogP) is 4.05. The molecule has 1 aliphatic rings. The molecular weight excluding hydrogens is 416 g/mol. The molecule has 2 N–H and O–H groups in total. The standard InChI is InChI=1S/C26H24N4O3/c1-16-7-12-22(17(2)14-16)23-24(29-20-10-8-19(9-11-20)28-18(3)31)26(33)30(25(23)32)15-21-6-4-5-13-27-21/h4-14,29H,15H2,1-3H3,(H,28,31). The highest BCUT2D eigenvalue weighted by molar-refractivity contribution is 6.36. The van der Waals surface area contributed by atoms with E-state index in [2.05, 4.69) is 15.6 Å². The van der Waals surface area contributed by atoms with Gasteiger partial charge in [0.15, 0.2) is 0 Å². The van der Waals surface area contributed by atoms with Gasteiger partial charge < -0.3 is 10.6 Å². The van der Waals surface area contributed by atoms with Gasteiger partial charge in [-0.2, -0.15) is 0 Å². The number of imide groups is 1. The molecule has 0 fully saturated rings. The zero-order valence-electron chi connectivity index (χ0n) is 18.7. The van der Waals surface area contributed by atoms with Crippen molar-refractivity contribution in [3.63, 3.8) is 0 Å². The molecule has 7 heteroatoms. The molecule has 2 heterocycles. The predicted molar refractivity (Wildman–Crippen MR) is 127 cm³/mol. The highest BCUT2D eigenvalue weighted by Crippen LogP contribution is 2.33. The van der Waals surface area contributed by atoms with Crippen LogP contribution in [0.5, 0.6) is 0 Å². The van der Waals surface area contributed by atoms with E-state index in [1.54, 1.807) is 42.6 Å². The molecule has 33 heavy (non-hydrogen) atoms. The number of pyridine rings is 1. The van der Waals surface area contributed by atoms with Crippen molar-refractivity contribution in [3.8, 4) is 0 Å². The van der Waals surface area contributed by atoms with Crippen LogP contribution in [0.2, 0.25) is 0 Å².